The summed E-state index contributed by atoms with van der Waals surface area (Å²) in [6, 6.07) is 24.6. The van der Waals surface area contributed by atoms with Gasteiger partial charge in [-0.3, -0.25) is 10.1 Å². The first kappa shape index (κ1) is 25.0. The van der Waals surface area contributed by atoms with Crippen LogP contribution in [0.1, 0.15) is 26.0 Å². The molecule has 0 saturated heterocycles. The number of nitro benzene ring substituents is 1. The van der Waals surface area contributed by atoms with Crippen LogP contribution in [-0.2, 0) is 6.42 Å². The molecule has 0 radical (unpaired) electrons. The van der Waals surface area contributed by atoms with Crippen molar-refractivity contribution in [1.82, 2.24) is 5.10 Å². The van der Waals surface area contributed by atoms with E-state index in [4.69, 9.17) is 10.2 Å². The number of rotatable bonds is 8. The van der Waals surface area contributed by atoms with E-state index in [-0.39, 0.29) is 5.69 Å². The number of hydrogen-bond acceptors (Lipinski definition) is 7. The van der Waals surface area contributed by atoms with Gasteiger partial charge in [0.05, 0.1) is 21.9 Å². The van der Waals surface area contributed by atoms with Crippen LogP contribution in [0.2, 0.25) is 0 Å². The zero-order valence-corrected chi connectivity index (χ0v) is 21.5. The zero-order chi connectivity index (χ0) is 26.5. The van der Waals surface area contributed by atoms with Crippen LogP contribution < -0.4 is 14.9 Å². The summed E-state index contributed by atoms with van der Waals surface area (Å²) in [6.07, 6.45) is 1.81. The van der Waals surface area contributed by atoms with E-state index in [9.17, 15) is 10.1 Å². The Labute approximate surface area is 221 Å². The van der Waals surface area contributed by atoms with Gasteiger partial charge in [-0.05, 0) is 67.8 Å². The van der Waals surface area contributed by atoms with Crippen molar-refractivity contribution in [2.24, 2.45) is 10.2 Å². The summed E-state index contributed by atoms with van der Waals surface area (Å²) in [7, 11) is 0. The molecule has 1 N–H and O–H groups in total. The molecule has 2 heterocycles. The van der Waals surface area contributed by atoms with E-state index in [1.165, 1.54) is 17.8 Å². The molecule has 38 heavy (non-hydrogen) atoms. The second-order valence-corrected chi connectivity index (χ2v) is 8.99. The first-order valence-electron chi connectivity index (χ1n) is 12.9. The predicted octanol–water partition coefficient (Wildman–Crippen LogP) is 6.55. The van der Waals surface area contributed by atoms with Crippen molar-refractivity contribution in [2.75, 3.05) is 29.9 Å². The van der Waals surface area contributed by atoms with Crippen molar-refractivity contribution in [2.45, 2.75) is 26.7 Å². The van der Waals surface area contributed by atoms with E-state index < -0.39 is 4.92 Å². The Hall–Kier alpha value is -4.66. The van der Waals surface area contributed by atoms with Crippen LogP contribution in [0.15, 0.2) is 89.1 Å². The fourth-order valence-electron chi connectivity index (χ4n) is 4.69. The molecule has 0 unspecified atom stereocenters. The maximum Gasteiger partial charge on any atom is 0.275 e. The highest BCUT2D eigenvalue weighted by atomic mass is 16.6. The zero-order valence-electron chi connectivity index (χ0n) is 21.5. The Kier molecular flexibility index (Phi) is 7.35. The van der Waals surface area contributed by atoms with Crippen LogP contribution in [0.4, 0.5) is 28.4 Å². The molecule has 1 aliphatic rings. The van der Waals surface area contributed by atoms with Gasteiger partial charge in [-0.15, -0.1) is 5.11 Å². The quantitative estimate of drug-likeness (QED) is 0.126. The SMILES string of the molecule is CCN(CC)c1ccc(-[n+]2nc3c(c(N=Nc4ccc([N+](=O)[O-])cc4)c2-c2ccccc2)NCCC3)cc1. The van der Waals surface area contributed by atoms with Gasteiger partial charge in [-0.25, -0.2) is 0 Å². The molecule has 1 aliphatic heterocycles. The lowest BCUT2D eigenvalue weighted by molar-refractivity contribution is -0.648. The molecule has 192 valence electrons. The third kappa shape index (κ3) is 5.08. The van der Waals surface area contributed by atoms with Crippen molar-refractivity contribution in [3.05, 3.63) is 94.7 Å². The average Bonchev–Trinajstić information content (AvgIpc) is 2.97. The molecule has 5 rings (SSSR count). The molecule has 1 aromatic heterocycles. The van der Waals surface area contributed by atoms with Gasteiger partial charge in [0.2, 0.25) is 5.69 Å². The van der Waals surface area contributed by atoms with Gasteiger partial charge in [0.25, 0.3) is 11.4 Å². The second kappa shape index (κ2) is 11.2. The first-order valence-corrected chi connectivity index (χ1v) is 12.9. The topological polar surface area (TPSA) is 99.9 Å². The lowest BCUT2D eigenvalue weighted by Crippen LogP contribution is -2.40. The molecule has 0 atom stereocenters. The van der Waals surface area contributed by atoms with Crippen molar-refractivity contribution in [3.63, 3.8) is 0 Å². The third-order valence-corrected chi connectivity index (χ3v) is 6.67. The summed E-state index contributed by atoms with van der Waals surface area (Å²) in [5.74, 6) is 0. The van der Waals surface area contributed by atoms with Gasteiger partial charge in [0.15, 0.2) is 5.69 Å². The van der Waals surface area contributed by atoms with E-state index in [1.807, 2.05) is 35.0 Å². The molecule has 0 aliphatic carbocycles. The number of aryl methyl sites for hydroxylation is 1. The predicted molar refractivity (Wildman–Crippen MR) is 149 cm³/mol. The maximum absolute atomic E-state index is 11.0. The number of nitrogens with one attached hydrogen (secondary N) is 1. The van der Waals surface area contributed by atoms with Crippen LogP contribution in [0.3, 0.4) is 0 Å². The molecule has 9 nitrogen and oxygen atoms in total. The Morgan fingerprint density at radius 1 is 0.974 bits per heavy atom. The molecule has 0 fully saturated rings. The highest BCUT2D eigenvalue weighted by Gasteiger charge is 2.31. The maximum atomic E-state index is 11.0. The number of benzene rings is 3. The van der Waals surface area contributed by atoms with E-state index in [1.54, 1.807) is 12.1 Å². The van der Waals surface area contributed by atoms with Gasteiger partial charge in [-0.2, -0.15) is 5.11 Å². The standard InChI is InChI=1S/C29H29N7O2/c1-3-34(4-2)23-16-18-24(19-17-23)35-29(21-9-6-5-7-10-21)28(27-26(33-35)11-8-20-30-27)32-31-22-12-14-25(15-13-22)36(37)38/h5-7,9-10,12-19H,3-4,8,11,20H2,1-2H3/p+1. The number of aromatic nitrogens is 2. The minimum atomic E-state index is -0.425. The highest BCUT2D eigenvalue weighted by Crippen LogP contribution is 2.39. The van der Waals surface area contributed by atoms with Crippen LogP contribution >= 0.6 is 0 Å². The number of non-ortho nitro benzene ring substituents is 1. The van der Waals surface area contributed by atoms with Crippen LogP contribution in [0.5, 0.6) is 0 Å². The van der Waals surface area contributed by atoms with E-state index in [0.717, 1.165) is 60.8 Å². The molecule has 3 aromatic carbocycles. The fraction of sp³-hybridized carbons (Fsp3) is 0.241. The Bertz CT molecular complexity index is 1450. The first-order chi connectivity index (χ1) is 18.6. The smallest absolute Gasteiger partial charge is 0.275 e. The monoisotopic (exact) mass is 508 g/mol. The number of nitro groups is 1. The summed E-state index contributed by atoms with van der Waals surface area (Å²) in [4.78, 5) is 12.9. The van der Waals surface area contributed by atoms with Crippen LogP contribution in [0, 0.1) is 10.1 Å². The molecular weight excluding hydrogens is 478 g/mol. The highest BCUT2D eigenvalue weighted by molar-refractivity contribution is 5.81. The largest absolute Gasteiger partial charge is 0.381 e. The number of azo groups is 1. The Morgan fingerprint density at radius 3 is 2.34 bits per heavy atom. The Balaban J connectivity index is 1.68. The second-order valence-electron chi connectivity index (χ2n) is 8.99. The van der Waals surface area contributed by atoms with E-state index in [2.05, 4.69) is 53.4 Å². The lowest BCUT2D eigenvalue weighted by atomic mass is 10.0. The number of anilines is 2. The van der Waals surface area contributed by atoms with Crippen molar-refractivity contribution >= 4 is 28.4 Å². The summed E-state index contributed by atoms with van der Waals surface area (Å²) < 4.78 is 1.96. The number of nitrogens with zero attached hydrogens (tertiary/aromatic N) is 6. The minimum Gasteiger partial charge on any atom is -0.381 e. The van der Waals surface area contributed by atoms with Crippen molar-refractivity contribution in [1.29, 1.82) is 0 Å². The van der Waals surface area contributed by atoms with Crippen molar-refractivity contribution in [3.8, 4) is 16.9 Å². The van der Waals surface area contributed by atoms with Gasteiger partial charge >= 0.3 is 0 Å². The Morgan fingerprint density at radius 2 is 1.68 bits per heavy atom. The molecule has 4 aromatic rings. The molecule has 9 heteroatoms. The lowest BCUT2D eigenvalue weighted by Gasteiger charge is -2.21. The minimum absolute atomic E-state index is 0.0166. The van der Waals surface area contributed by atoms with Gasteiger partial charge in [0.1, 0.15) is 5.69 Å². The van der Waals surface area contributed by atoms with E-state index in [0.29, 0.717) is 11.4 Å². The average molecular weight is 509 g/mol. The van der Waals surface area contributed by atoms with Crippen LogP contribution in [0.25, 0.3) is 16.9 Å². The summed E-state index contributed by atoms with van der Waals surface area (Å²) in [5, 5.41) is 28.8. The van der Waals surface area contributed by atoms with Gasteiger partial charge in [0, 0.05) is 54.7 Å². The van der Waals surface area contributed by atoms with Gasteiger partial charge < -0.3 is 10.2 Å². The van der Waals surface area contributed by atoms with Crippen molar-refractivity contribution < 1.29 is 9.61 Å². The molecular formula is C29H30N7O2+. The third-order valence-electron chi connectivity index (χ3n) is 6.67. The van der Waals surface area contributed by atoms with E-state index >= 15 is 0 Å². The molecule has 0 saturated carbocycles. The number of hydrogen-bond donors (Lipinski definition) is 1. The number of fused-ring (bicyclic) bond motifs is 1. The summed E-state index contributed by atoms with van der Waals surface area (Å²) in [6.45, 7) is 7.01. The van der Waals surface area contributed by atoms with Gasteiger partial charge in [-0.1, -0.05) is 18.2 Å². The molecule has 0 spiro atoms. The fourth-order valence-corrected chi connectivity index (χ4v) is 4.69. The van der Waals surface area contributed by atoms with Crippen LogP contribution in [-0.4, -0.2) is 29.7 Å². The molecule has 0 amide bonds. The summed E-state index contributed by atoms with van der Waals surface area (Å²) >= 11 is 0. The summed E-state index contributed by atoms with van der Waals surface area (Å²) in [5.41, 5.74) is 6.91. The normalized spacial score (nSPS) is 12.7. The molecule has 0 bridgehead atoms.